The van der Waals surface area contributed by atoms with Crippen LogP contribution in [0.5, 0.6) is 0 Å². The van der Waals surface area contributed by atoms with E-state index < -0.39 is 0 Å². The van der Waals surface area contributed by atoms with Gasteiger partial charge in [0, 0.05) is 29.9 Å². The number of benzene rings is 1. The molecule has 1 aliphatic carbocycles. The van der Waals surface area contributed by atoms with Crippen molar-refractivity contribution in [2.75, 3.05) is 0 Å². The Kier molecular flexibility index (Phi) is 4.46. The van der Waals surface area contributed by atoms with Gasteiger partial charge in [-0.15, -0.1) is 0 Å². The van der Waals surface area contributed by atoms with E-state index in [0.717, 1.165) is 18.7 Å². The summed E-state index contributed by atoms with van der Waals surface area (Å²) in [4.78, 5) is 18.7. The van der Waals surface area contributed by atoms with Gasteiger partial charge < -0.3 is 9.47 Å². The fourth-order valence-electron chi connectivity index (χ4n) is 2.68. The third kappa shape index (κ3) is 3.60. The van der Waals surface area contributed by atoms with Crippen LogP contribution in [-0.2, 0) is 17.9 Å². The molecule has 1 aliphatic rings. The normalized spacial score (nSPS) is 14.3. The summed E-state index contributed by atoms with van der Waals surface area (Å²) < 4.78 is 15.8. The van der Waals surface area contributed by atoms with Crippen molar-refractivity contribution in [1.82, 2.24) is 14.5 Å². The van der Waals surface area contributed by atoms with E-state index in [1.165, 1.54) is 6.07 Å². The van der Waals surface area contributed by atoms with Crippen molar-refractivity contribution in [3.8, 4) is 0 Å². The van der Waals surface area contributed by atoms with Crippen LogP contribution in [0.2, 0.25) is 0 Å². The Bertz CT molecular complexity index is 691. The minimum Gasteiger partial charge on any atom is -0.333 e. The van der Waals surface area contributed by atoms with E-state index in [0.29, 0.717) is 18.7 Å². The summed E-state index contributed by atoms with van der Waals surface area (Å²) in [7, 11) is 0. The van der Waals surface area contributed by atoms with Gasteiger partial charge in [0.1, 0.15) is 11.6 Å². The Balaban J connectivity index is 1.77. The van der Waals surface area contributed by atoms with Crippen molar-refractivity contribution in [1.29, 1.82) is 0 Å². The Hall–Kier alpha value is -2.17. The van der Waals surface area contributed by atoms with E-state index in [2.05, 4.69) is 4.98 Å². The maximum absolute atomic E-state index is 13.8. The molecular formula is C18H22FN3O. The quantitative estimate of drug-likeness (QED) is 0.821. The molecule has 0 N–H and O–H groups in total. The lowest BCUT2D eigenvalue weighted by Crippen LogP contribution is -2.38. The lowest BCUT2D eigenvalue weighted by Gasteiger charge is -2.27. The summed E-state index contributed by atoms with van der Waals surface area (Å²) >= 11 is 0. The predicted octanol–water partition coefficient (Wildman–Crippen LogP) is 3.22. The number of nitrogens with zero attached hydrogens (tertiary/aromatic N) is 3. The minimum absolute atomic E-state index is 0.127. The summed E-state index contributed by atoms with van der Waals surface area (Å²) in [5.41, 5.74) is 0.622. The van der Waals surface area contributed by atoms with Crippen LogP contribution in [0.1, 0.15) is 38.1 Å². The Morgan fingerprint density at radius 1 is 1.39 bits per heavy atom. The minimum atomic E-state index is -0.220. The first-order valence-electron chi connectivity index (χ1n) is 8.10. The molecule has 0 atom stereocenters. The van der Waals surface area contributed by atoms with Gasteiger partial charge in [0.2, 0.25) is 5.91 Å². The van der Waals surface area contributed by atoms with Crippen LogP contribution in [0.3, 0.4) is 0 Å². The maximum atomic E-state index is 13.8. The van der Waals surface area contributed by atoms with Crippen molar-refractivity contribution in [2.24, 2.45) is 5.92 Å². The summed E-state index contributed by atoms with van der Waals surface area (Å²) in [6.07, 6.45) is 5.52. The van der Waals surface area contributed by atoms with Gasteiger partial charge in [0.25, 0.3) is 0 Å². The number of aromatic nitrogens is 2. The van der Waals surface area contributed by atoms with Crippen LogP contribution >= 0.6 is 0 Å². The molecule has 2 aromatic rings. The molecule has 0 unspecified atom stereocenters. The van der Waals surface area contributed by atoms with E-state index in [1.807, 2.05) is 35.6 Å². The summed E-state index contributed by atoms with van der Waals surface area (Å²) in [6.45, 7) is 4.93. The summed E-state index contributed by atoms with van der Waals surface area (Å²) in [6, 6.07) is 6.87. The molecule has 0 saturated heterocycles. The van der Waals surface area contributed by atoms with Crippen LogP contribution in [0.4, 0.5) is 4.39 Å². The second-order valence-corrected chi connectivity index (χ2v) is 6.40. The molecule has 5 heteroatoms. The van der Waals surface area contributed by atoms with Crippen LogP contribution < -0.4 is 0 Å². The lowest BCUT2D eigenvalue weighted by atomic mass is 10.2. The standard InChI is InChI=1S/C18H22FN3O/c1-13(2)22(18(23)14-7-8-14)12-17-20-9-10-21(17)11-15-5-3-4-6-16(15)19/h3-6,9-10,13-14H,7-8,11-12H2,1-2H3. The second-order valence-electron chi connectivity index (χ2n) is 6.40. The molecule has 1 saturated carbocycles. The molecule has 0 radical (unpaired) electrons. The highest BCUT2D eigenvalue weighted by atomic mass is 19.1. The van der Waals surface area contributed by atoms with E-state index in [4.69, 9.17) is 0 Å². The van der Waals surface area contributed by atoms with Gasteiger partial charge in [-0.05, 0) is 32.8 Å². The number of carbonyl (C=O) groups is 1. The number of amides is 1. The Morgan fingerprint density at radius 3 is 2.78 bits per heavy atom. The smallest absolute Gasteiger partial charge is 0.226 e. The Labute approximate surface area is 135 Å². The van der Waals surface area contributed by atoms with E-state index >= 15 is 0 Å². The van der Waals surface area contributed by atoms with Crippen LogP contribution in [0.25, 0.3) is 0 Å². The molecule has 1 aromatic carbocycles. The molecule has 23 heavy (non-hydrogen) atoms. The highest BCUT2D eigenvalue weighted by Gasteiger charge is 2.34. The predicted molar refractivity (Wildman–Crippen MR) is 86.1 cm³/mol. The van der Waals surface area contributed by atoms with Gasteiger partial charge >= 0.3 is 0 Å². The first-order chi connectivity index (χ1) is 11.1. The fourth-order valence-corrected chi connectivity index (χ4v) is 2.68. The van der Waals surface area contributed by atoms with E-state index in [1.54, 1.807) is 18.3 Å². The topological polar surface area (TPSA) is 38.1 Å². The number of rotatable bonds is 6. The highest BCUT2D eigenvalue weighted by molar-refractivity contribution is 5.81. The summed E-state index contributed by atoms with van der Waals surface area (Å²) in [5, 5.41) is 0. The van der Waals surface area contributed by atoms with Crippen molar-refractivity contribution in [3.05, 3.63) is 53.9 Å². The maximum Gasteiger partial charge on any atom is 0.226 e. The zero-order valence-corrected chi connectivity index (χ0v) is 13.6. The van der Waals surface area contributed by atoms with Crippen molar-refractivity contribution >= 4 is 5.91 Å². The largest absolute Gasteiger partial charge is 0.333 e. The van der Waals surface area contributed by atoms with Gasteiger partial charge in [-0.3, -0.25) is 4.79 Å². The molecule has 1 aromatic heterocycles. The molecule has 0 bridgehead atoms. The van der Waals surface area contributed by atoms with Gasteiger partial charge in [-0.1, -0.05) is 18.2 Å². The van der Waals surface area contributed by atoms with E-state index in [-0.39, 0.29) is 23.7 Å². The third-order valence-corrected chi connectivity index (χ3v) is 4.25. The first kappa shape index (κ1) is 15.7. The number of halogens is 1. The zero-order valence-electron chi connectivity index (χ0n) is 13.6. The number of carbonyl (C=O) groups excluding carboxylic acids is 1. The average Bonchev–Trinajstić information content (AvgIpc) is 3.28. The van der Waals surface area contributed by atoms with Crippen molar-refractivity contribution in [2.45, 2.75) is 45.8 Å². The summed E-state index contributed by atoms with van der Waals surface area (Å²) in [5.74, 6) is 0.964. The molecule has 1 amide bonds. The molecule has 122 valence electrons. The molecule has 0 aliphatic heterocycles. The van der Waals surface area contributed by atoms with Crippen molar-refractivity contribution < 1.29 is 9.18 Å². The molecule has 0 spiro atoms. The molecular weight excluding hydrogens is 293 g/mol. The fraction of sp³-hybridized carbons (Fsp3) is 0.444. The number of hydrogen-bond donors (Lipinski definition) is 0. The third-order valence-electron chi connectivity index (χ3n) is 4.25. The van der Waals surface area contributed by atoms with Gasteiger partial charge in [0.05, 0.1) is 13.1 Å². The SMILES string of the molecule is CC(C)N(Cc1nccn1Cc1ccccc1F)C(=O)C1CC1. The van der Waals surface area contributed by atoms with E-state index in [9.17, 15) is 9.18 Å². The monoisotopic (exact) mass is 315 g/mol. The molecule has 1 fully saturated rings. The van der Waals surface area contributed by atoms with Gasteiger partial charge in [0.15, 0.2) is 0 Å². The molecule has 3 rings (SSSR count). The zero-order chi connectivity index (χ0) is 16.4. The van der Waals surface area contributed by atoms with Crippen LogP contribution in [0, 0.1) is 11.7 Å². The molecule has 4 nitrogen and oxygen atoms in total. The Morgan fingerprint density at radius 2 is 2.13 bits per heavy atom. The van der Waals surface area contributed by atoms with Crippen LogP contribution in [0.15, 0.2) is 36.7 Å². The van der Waals surface area contributed by atoms with Gasteiger partial charge in [-0.2, -0.15) is 0 Å². The van der Waals surface area contributed by atoms with Crippen LogP contribution in [-0.4, -0.2) is 26.4 Å². The number of hydrogen-bond acceptors (Lipinski definition) is 2. The second kappa shape index (κ2) is 6.52. The number of imidazole rings is 1. The van der Waals surface area contributed by atoms with Crippen molar-refractivity contribution in [3.63, 3.8) is 0 Å². The van der Waals surface area contributed by atoms with Gasteiger partial charge in [-0.25, -0.2) is 9.37 Å². The first-order valence-corrected chi connectivity index (χ1v) is 8.10. The highest BCUT2D eigenvalue weighted by Crippen LogP contribution is 2.32. The lowest BCUT2D eigenvalue weighted by molar-refractivity contribution is -0.135. The average molecular weight is 315 g/mol. The molecule has 1 heterocycles.